The monoisotopic (exact) mass is 378 g/mol. The first-order chi connectivity index (χ1) is 13.5. The van der Waals surface area contributed by atoms with E-state index in [-0.39, 0.29) is 36.0 Å². The number of nitrogens with zero attached hydrogens (tertiary/aromatic N) is 1. The van der Waals surface area contributed by atoms with Crippen molar-refractivity contribution in [2.45, 2.75) is 32.2 Å². The van der Waals surface area contributed by atoms with Gasteiger partial charge in [0.2, 0.25) is 5.91 Å². The van der Waals surface area contributed by atoms with Crippen LogP contribution in [0.25, 0.3) is 0 Å². The molecule has 2 aromatic carbocycles. The van der Waals surface area contributed by atoms with Crippen molar-refractivity contribution in [3.63, 3.8) is 0 Å². The molecule has 1 unspecified atom stereocenters. The van der Waals surface area contributed by atoms with E-state index in [0.717, 1.165) is 5.56 Å². The summed E-state index contributed by atoms with van der Waals surface area (Å²) in [4.78, 5) is 39.1. The summed E-state index contributed by atoms with van der Waals surface area (Å²) >= 11 is 0. The van der Waals surface area contributed by atoms with Gasteiger partial charge < -0.3 is 10.2 Å². The molecule has 1 N–H and O–H groups in total. The Bertz CT molecular complexity index is 812. The molecule has 2 aromatic rings. The van der Waals surface area contributed by atoms with E-state index in [0.29, 0.717) is 31.5 Å². The van der Waals surface area contributed by atoms with Gasteiger partial charge in [0.25, 0.3) is 5.91 Å². The molecule has 5 nitrogen and oxygen atoms in total. The molecule has 28 heavy (non-hydrogen) atoms. The van der Waals surface area contributed by atoms with Gasteiger partial charge in [-0.15, -0.1) is 0 Å². The number of amides is 2. The molecular weight excluding hydrogens is 352 g/mol. The minimum Gasteiger partial charge on any atom is -0.349 e. The Morgan fingerprint density at radius 2 is 1.46 bits per heavy atom. The second kappa shape index (κ2) is 9.31. The Morgan fingerprint density at radius 3 is 2.04 bits per heavy atom. The zero-order valence-electron chi connectivity index (χ0n) is 16.1. The van der Waals surface area contributed by atoms with Crippen molar-refractivity contribution in [1.82, 2.24) is 10.2 Å². The van der Waals surface area contributed by atoms with Crippen molar-refractivity contribution in [3.05, 3.63) is 71.8 Å². The molecule has 0 bridgehead atoms. The molecule has 0 aliphatic carbocycles. The molecule has 1 atom stereocenters. The van der Waals surface area contributed by atoms with Crippen molar-refractivity contribution in [2.75, 3.05) is 13.1 Å². The predicted octanol–water partition coefficient (Wildman–Crippen LogP) is 3.32. The second-order valence-electron chi connectivity index (χ2n) is 7.33. The predicted molar refractivity (Wildman–Crippen MR) is 108 cm³/mol. The van der Waals surface area contributed by atoms with Crippen molar-refractivity contribution < 1.29 is 14.4 Å². The van der Waals surface area contributed by atoms with Crippen LogP contribution >= 0.6 is 0 Å². The number of benzene rings is 2. The van der Waals surface area contributed by atoms with Gasteiger partial charge in [0.05, 0.1) is 0 Å². The lowest BCUT2D eigenvalue weighted by atomic mass is 9.89. The summed E-state index contributed by atoms with van der Waals surface area (Å²) in [7, 11) is 0. The number of rotatable bonds is 6. The largest absolute Gasteiger partial charge is 0.349 e. The topological polar surface area (TPSA) is 66.5 Å². The van der Waals surface area contributed by atoms with E-state index in [1.807, 2.05) is 55.5 Å². The quantitative estimate of drug-likeness (QED) is 0.784. The summed E-state index contributed by atoms with van der Waals surface area (Å²) < 4.78 is 0. The summed E-state index contributed by atoms with van der Waals surface area (Å²) in [5.74, 6) is -0.0163. The fourth-order valence-corrected chi connectivity index (χ4v) is 3.57. The highest BCUT2D eigenvalue weighted by Gasteiger charge is 2.28. The fraction of sp³-hybridized carbons (Fsp3) is 0.348. The van der Waals surface area contributed by atoms with Gasteiger partial charge in [-0.05, 0) is 31.9 Å². The number of likely N-dealkylation sites (tertiary alicyclic amines) is 1. The average molecular weight is 378 g/mol. The van der Waals surface area contributed by atoms with Crippen molar-refractivity contribution >= 4 is 17.6 Å². The number of hydrogen-bond acceptors (Lipinski definition) is 3. The zero-order valence-corrected chi connectivity index (χ0v) is 16.1. The number of hydrogen-bond donors (Lipinski definition) is 1. The van der Waals surface area contributed by atoms with Gasteiger partial charge in [0.1, 0.15) is 0 Å². The third kappa shape index (κ3) is 5.06. The molecule has 5 heteroatoms. The molecule has 146 valence electrons. The number of nitrogens with one attached hydrogen (secondary N) is 1. The maximum Gasteiger partial charge on any atom is 0.251 e. The van der Waals surface area contributed by atoms with Crippen LogP contribution in [0.1, 0.15) is 46.9 Å². The SMILES string of the molecule is CC(CC(=O)N1CCC(C(=O)c2ccccc2)CC1)NC(=O)c1ccccc1. The summed E-state index contributed by atoms with van der Waals surface area (Å²) in [6, 6.07) is 18.1. The number of ketones is 1. The Hall–Kier alpha value is -2.95. The summed E-state index contributed by atoms with van der Waals surface area (Å²) in [6.45, 7) is 3.01. The van der Waals surface area contributed by atoms with Gasteiger partial charge in [0.15, 0.2) is 5.78 Å². The zero-order chi connectivity index (χ0) is 19.9. The molecule has 1 aliphatic rings. The van der Waals surface area contributed by atoms with Gasteiger partial charge >= 0.3 is 0 Å². The Labute approximate surface area is 165 Å². The second-order valence-corrected chi connectivity index (χ2v) is 7.33. The molecule has 2 amide bonds. The van der Waals surface area contributed by atoms with Crippen LogP contribution in [-0.2, 0) is 4.79 Å². The number of Topliss-reactive ketones (excluding diaryl/α,β-unsaturated/α-hetero) is 1. The lowest BCUT2D eigenvalue weighted by Crippen LogP contribution is -2.43. The third-order valence-corrected chi connectivity index (χ3v) is 5.17. The van der Waals surface area contributed by atoms with E-state index in [4.69, 9.17) is 0 Å². The highest BCUT2D eigenvalue weighted by Crippen LogP contribution is 2.22. The van der Waals surface area contributed by atoms with Crippen molar-refractivity contribution in [3.8, 4) is 0 Å². The maximum atomic E-state index is 12.6. The first-order valence-electron chi connectivity index (χ1n) is 9.77. The maximum absolute atomic E-state index is 12.6. The molecule has 1 saturated heterocycles. The average Bonchev–Trinajstić information content (AvgIpc) is 2.74. The van der Waals surface area contributed by atoms with E-state index in [2.05, 4.69) is 5.32 Å². The van der Waals surface area contributed by atoms with Gasteiger partial charge in [0, 0.05) is 42.6 Å². The molecule has 1 heterocycles. The van der Waals surface area contributed by atoms with Crippen LogP contribution in [-0.4, -0.2) is 41.6 Å². The van der Waals surface area contributed by atoms with Crippen LogP contribution in [0.2, 0.25) is 0 Å². The standard InChI is InChI=1S/C23H26N2O3/c1-17(24-23(28)20-10-6-3-7-11-20)16-21(26)25-14-12-19(13-15-25)22(27)18-8-4-2-5-9-18/h2-11,17,19H,12-16H2,1H3,(H,24,28). The Kier molecular flexibility index (Phi) is 6.58. The number of piperidine rings is 1. The van der Waals surface area contributed by atoms with Crippen LogP contribution in [0.15, 0.2) is 60.7 Å². The van der Waals surface area contributed by atoms with E-state index in [1.54, 1.807) is 17.0 Å². The fourth-order valence-electron chi connectivity index (χ4n) is 3.57. The molecule has 0 radical (unpaired) electrons. The van der Waals surface area contributed by atoms with E-state index in [1.165, 1.54) is 0 Å². The molecule has 1 fully saturated rings. The molecule has 3 rings (SSSR count). The normalized spacial score (nSPS) is 15.7. The van der Waals surface area contributed by atoms with Crippen LogP contribution in [0.3, 0.4) is 0 Å². The Morgan fingerprint density at radius 1 is 0.929 bits per heavy atom. The lowest BCUT2D eigenvalue weighted by Gasteiger charge is -2.32. The van der Waals surface area contributed by atoms with Crippen molar-refractivity contribution in [1.29, 1.82) is 0 Å². The van der Waals surface area contributed by atoms with E-state index in [9.17, 15) is 14.4 Å². The van der Waals surface area contributed by atoms with Crippen LogP contribution in [0.5, 0.6) is 0 Å². The smallest absolute Gasteiger partial charge is 0.251 e. The van der Waals surface area contributed by atoms with Gasteiger partial charge in [-0.1, -0.05) is 48.5 Å². The highest BCUT2D eigenvalue weighted by molar-refractivity contribution is 5.98. The molecule has 0 saturated carbocycles. The van der Waals surface area contributed by atoms with Crippen LogP contribution < -0.4 is 5.32 Å². The first-order valence-corrected chi connectivity index (χ1v) is 9.77. The number of carbonyl (C=O) groups excluding carboxylic acids is 3. The Balaban J connectivity index is 1.46. The molecular formula is C23H26N2O3. The number of carbonyl (C=O) groups is 3. The summed E-state index contributed by atoms with van der Waals surface area (Å²) in [5, 5.41) is 2.87. The summed E-state index contributed by atoms with van der Waals surface area (Å²) in [6.07, 6.45) is 1.63. The van der Waals surface area contributed by atoms with Gasteiger partial charge in [-0.3, -0.25) is 14.4 Å². The lowest BCUT2D eigenvalue weighted by molar-refractivity contribution is -0.132. The van der Waals surface area contributed by atoms with E-state index >= 15 is 0 Å². The molecule has 0 spiro atoms. The minimum absolute atomic E-state index is 0.0199. The highest BCUT2D eigenvalue weighted by atomic mass is 16.2. The first kappa shape index (κ1) is 19.8. The van der Waals surface area contributed by atoms with Crippen LogP contribution in [0, 0.1) is 5.92 Å². The van der Waals surface area contributed by atoms with Crippen LogP contribution in [0.4, 0.5) is 0 Å². The summed E-state index contributed by atoms with van der Waals surface area (Å²) in [5.41, 5.74) is 1.33. The third-order valence-electron chi connectivity index (χ3n) is 5.17. The molecule has 1 aliphatic heterocycles. The molecule has 0 aromatic heterocycles. The van der Waals surface area contributed by atoms with Crippen molar-refractivity contribution in [2.24, 2.45) is 5.92 Å². The minimum atomic E-state index is -0.246. The van der Waals surface area contributed by atoms with E-state index < -0.39 is 0 Å². The van der Waals surface area contributed by atoms with Gasteiger partial charge in [-0.25, -0.2) is 0 Å². The van der Waals surface area contributed by atoms with Gasteiger partial charge in [-0.2, -0.15) is 0 Å².